The van der Waals surface area contributed by atoms with Gasteiger partial charge in [-0.2, -0.15) is 0 Å². The minimum Gasteiger partial charge on any atom is -0.381 e. The van der Waals surface area contributed by atoms with E-state index in [1.165, 1.54) is 24.4 Å². The van der Waals surface area contributed by atoms with Crippen LogP contribution in [0.3, 0.4) is 0 Å². The number of hydrogen-bond donors (Lipinski definition) is 1. The van der Waals surface area contributed by atoms with E-state index < -0.39 is 9.84 Å². The molecule has 2 rings (SSSR count). The zero-order chi connectivity index (χ0) is 15.5. The van der Waals surface area contributed by atoms with E-state index in [1.807, 2.05) is 13.0 Å². The van der Waals surface area contributed by atoms with Crippen LogP contribution in [0.5, 0.6) is 0 Å². The van der Waals surface area contributed by atoms with Gasteiger partial charge in [0, 0.05) is 12.3 Å². The second kappa shape index (κ2) is 6.22. The van der Waals surface area contributed by atoms with Crippen molar-refractivity contribution in [3.05, 3.63) is 54.0 Å². The van der Waals surface area contributed by atoms with Gasteiger partial charge in [0.15, 0.2) is 14.9 Å². The van der Waals surface area contributed by atoms with Crippen molar-refractivity contribution in [1.29, 1.82) is 0 Å². The van der Waals surface area contributed by atoms with E-state index >= 15 is 0 Å². The minimum atomic E-state index is -3.28. The Balaban J connectivity index is 2.01. The summed E-state index contributed by atoms with van der Waals surface area (Å²) in [7, 11) is -3.28. The molecule has 0 aliphatic carbocycles. The molecule has 2 aromatic rings. The van der Waals surface area contributed by atoms with Gasteiger partial charge in [-0.25, -0.2) is 17.8 Å². The average molecular weight is 308 g/mol. The smallest absolute Gasteiger partial charge is 0.192 e. The molecule has 6 heteroatoms. The molecule has 112 valence electrons. The van der Waals surface area contributed by atoms with Gasteiger partial charge in [0.25, 0.3) is 0 Å². The van der Waals surface area contributed by atoms with Crippen molar-refractivity contribution >= 4 is 15.5 Å². The highest BCUT2D eigenvalue weighted by molar-refractivity contribution is 7.90. The molecule has 0 saturated heterocycles. The predicted molar refractivity (Wildman–Crippen MR) is 80.5 cm³/mol. The molecule has 1 aromatic heterocycles. The number of halogens is 1. The van der Waals surface area contributed by atoms with E-state index in [9.17, 15) is 12.8 Å². The van der Waals surface area contributed by atoms with Crippen molar-refractivity contribution in [2.75, 3.05) is 11.6 Å². The Labute approximate surface area is 124 Å². The molecular formula is C15H17FN2O2S. The third kappa shape index (κ3) is 4.53. The number of sulfone groups is 1. The van der Waals surface area contributed by atoms with Crippen LogP contribution in [-0.2, 0) is 16.3 Å². The summed E-state index contributed by atoms with van der Waals surface area (Å²) >= 11 is 0. The molecule has 0 aliphatic heterocycles. The van der Waals surface area contributed by atoms with Gasteiger partial charge in [0.1, 0.15) is 5.82 Å². The van der Waals surface area contributed by atoms with Crippen LogP contribution in [-0.4, -0.2) is 25.7 Å². The molecule has 1 N–H and O–H groups in total. The van der Waals surface area contributed by atoms with Crippen molar-refractivity contribution in [1.82, 2.24) is 4.98 Å². The fourth-order valence-corrected chi connectivity index (χ4v) is 2.60. The molecule has 1 atom stereocenters. The van der Waals surface area contributed by atoms with Crippen LogP contribution in [0.15, 0.2) is 47.6 Å². The van der Waals surface area contributed by atoms with Gasteiger partial charge in [0.2, 0.25) is 0 Å². The molecule has 1 aromatic carbocycles. The summed E-state index contributed by atoms with van der Waals surface area (Å²) in [6, 6.07) is 9.67. The highest BCUT2D eigenvalue weighted by atomic mass is 32.2. The Morgan fingerprint density at radius 1 is 1.29 bits per heavy atom. The Kier molecular flexibility index (Phi) is 4.57. The summed E-state index contributed by atoms with van der Waals surface area (Å²) in [6.45, 7) is 1.97. The average Bonchev–Trinajstić information content (AvgIpc) is 2.38. The number of anilines is 1. The molecule has 4 nitrogen and oxygen atoms in total. The molecule has 0 fully saturated rings. The number of benzene rings is 1. The molecule has 1 unspecified atom stereocenters. The fourth-order valence-electron chi connectivity index (χ4n) is 2.04. The molecule has 0 bridgehead atoms. The quantitative estimate of drug-likeness (QED) is 0.922. The van der Waals surface area contributed by atoms with E-state index in [0.29, 0.717) is 6.42 Å². The van der Waals surface area contributed by atoms with Crippen molar-refractivity contribution in [3.8, 4) is 0 Å². The number of nitrogens with one attached hydrogen (secondary N) is 1. The Morgan fingerprint density at radius 3 is 2.62 bits per heavy atom. The van der Waals surface area contributed by atoms with Crippen LogP contribution in [0.2, 0.25) is 0 Å². The second-order valence-corrected chi connectivity index (χ2v) is 7.00. The van der Waals surface area contributed by atoms with E-state index in [4.69, 9.17) is 0 Å². The summed E-state index contributed by atoms with van der Waals surface area (Å²) in [5.74, 6) is -0.251. The van der Waals surface area contributed by atoms with Gasteiger partial charge >= 0.3 is 0 Å². The van der Waals surface area contributed by atoms with E-state index in [0.717, 1.165) is 17.5 Å². The second-order valence-electron chi connectivity index (χ2n) is 5.04. The van der Waals surface area contributed by atoms with Crippen molar-refractivity contribution in [2.45, 2.75) is 24.4 Å². The summed E-state index contributed by atoms with van der Waals surface area (Å²) in [4.78, 5) is 3.91. The molecule has 0 amide bonds. The molecular weight excluding hydrogens is 291 g/mol. The van der Waals surface area contributed by atoms with Gasteiger partial charge < -0.3 is 5.32 Å². The van der Waals surface area contributed by atoms with E-state index in [2.05, 4.69) is 10.3 Å². The molecule has 1 heterocycles. The number of pyridine rings is 1. The number of nitrogens with zero attached hydrogens (tertiary/aromatic N) is 1. The third-order valence-corrected chi connectivity index (χ3v) is 3.96. The maximum Gasteiger partial charge on any atom is 0.192 e. The first-order valence-corrected chi connectivity index (χ1v) is 8.41. The predicted octanol–water partition coefficient (Wildman–Crippen LogP) is 2.67. The largest absolute Gasteiger partial charge is 0.381 e. The van der Waals surface area contributed by atoms with Gasteiger partial charge in [-0.1, -0.05) is 12.1 Å². The highest BCUT2D eigenvalue weighted by Gasteiger charge is 2.09. The summed E-state index contributed by atoms with van der Waals surface area (Å²) in [6.07, 6.45) is 3.26. The van der Waals surface area contributed by atoms with Crippen LogP contribution in [0, 0.1) is 5.82 Å². The third-order valence-electron chi connectivity index (χ3n) is 2.96. The Morgan fingerprint density at radius 2 is 2.05 bits per heavy atom. The molecule has 0 spiro atoms. The first-order valence-electron chi connectivity index (χ1n) is 6.52. The SMILES string of the molecule is CC(Cc1cccc(F)c1)Nc1ccc(S(C)(=O)=O)nc1. The lowest BCUT2D eigenvalue weighted by atomic mass is 10.1. The highest BCUT2D eigenvalue weighted by Crippen LogP contribution is 2.13. The molecule has 21 heavy (non-hydrogen) atoms. The first kappa shape index (κ1) is 15.4. The van der Waals surface area contributed by atoms with E-state index in [1.54, 1.807) is 12.1 Å². The molecule has 0 aliphatic rings. The lowest BCUT2D eigenvalue weighted by molar-refractivity contribution is 0.598. The fraction of sp³-hybridized carbons (Fsp3) is 0.267. The lowest BCUT2D eigenvalue weighted by Gasteiger charge is -2.15. The summed E-state index contributed by atoms with van der Waals surface area (Å²) in [5.41, 5.74) is 1.63. The van der Waals surface area contributed by atoms with Crippen LogP contribution in [0.25, 0.3) is 0 Å². The van der Waals surface area contributed by atoms with Gasteiger partial charge in [-0.05, 0) is 43.2 Å². The van der Waals surface area contributed by atoms with Crippen LogP contribution >= 0.6 is 0 Å². The van der Waals surface area contributed by atoms with Gasteiger partial charge in [-0.3, -0.25) is 0 Å². The topological polar surface area (TPSA) is 59.1 Å². The van der Waals surface area contributed by atoms with Crippen LogP contribution in [0.4, 0.5) is 10.1 Å². The van der Waals surface area contributed by atoms with Crippen LogP contribution in [0.1, 0.15) is 12.5 Å². The normalized spacial score (nSPS) is 12.9. The van der Waals surface area contributed by atoms with Crippen molar-refractivity contribution in [2.24, 2.45) is 0 Å². The van der Waals surface area contributed by atoms with Crippen LogP contribution < -0.4 is 5.32 Å². The van der Waals surface area contributed by atoms with Gasteiger partial charge in [-0.15, -0.1) is 0 Å². The standard InChI is InChI=1S/C15H17FN2O2S/c1-11(8-12-4-3-5-13(16)9-12)18-14-6-7-15(17-10-14)21(2,19)20/h3-7,9-11,18H,8H2,1-2H3. The lowest BCUT2D eigenvalue weighted by Crippen LogP contribution is -2.18. The molecule has 0 radical (unpaired) electrons. The number of aromatic nitrogens is 1. The summed E-state index contributed by atoms with van der Waals surface area (Å²) in [5, 5.41) is 3.26. The summed E-state index contributed by atoms with van der Waals surface area (Å²) < 4.78 is 35.8. The van der Waals surface area contributed by atoms with Gasteiger partial charge in [0.05, 0.1) is 11.9 Å². The Bertz CT molecular complexity index is 715. The Hall–Kier alpha value is -1.95. The number of hydrogen-bond acceptors (Lipinski definition) is 4. The minimum absolute atomic E-state index is 0.0471. The van der Waals surface area contributed by atoms with Crippen molar-refractivity contribution < 1.29 is 12.8 Å². The maximum atomic E-state index is 13.1. The zero-order valence-corrected chi connectivity index (χ0v) is 12.7. The van der Waals surface area contributed by atoms with Crippen molar-refractivity contribution in [3.63, 3.8) is 0 Å². The zero-order valence-electron chi connectivity index (χ0n) is 11.9. The monoisotopic (exact) mass is 308 g/mol. The molecule has 0 saturated carbocycles. The number of rotatable bonds is 5. The van der Waals surface area contributed by atoms with E-state index in [-0.39, 0.29) is 16.9 Å². The maximum absolute atomic E-state index is 13.1. The first-order chi connectivity index (χ1) is 9.84.